The van der Waals surface area contributed by atoms with Crippen LogP contribution in [0.5, 0.6) is 0 Å². The van der Waals surface area contributed by atoms with Gasteiger partial charge in [-0.15, -0.1) is 0 Å². The van der Waals surface area contributed by atoms with Gasteiger partial charge in [-0.3, -0.25) is 4.79 Å². The van der Waals surface area contributed by atoms with E-state index in [1.54, 1.807) is 16.8 Å². The van der Waals surface area contributed by atoms with Gasteiger partial charge in [-0.1, -0.05) is 24.3 Å². The van der Waals surface area contributed by atoms with Crippen molar-refractivity contribution in [3.8, 4) is 0 Å². The number of urea groups is 1. The Labute approximate surface area is 118 Å². The maximum absolute atomic E-state index is 12.4. The van der Waals surface area contributed by atoms with Crippen LogP contribution in [-0.2, 0) is 11.3 Å². The van der Waals surface area contributed by atoms with Gasteiger partial charge in [0.1, 0.15) is 0 Å². The Morgan fingerprint density at radius 1 is 1.35 bits per heavy atom. The number of carbonyl (C=O) groups excluding carboxylic acids is 1. The molecule has 1 aromatic rings. The summed E-state index contributed by atoms with van der Waals surface area (Å²) < 4.78 is 0. The van der Waals surface area contributed by atoms with E-state index in [1.807, 2.05) is 38.1 Å². The van der Waals surface area contributed by atoms with Crippen molar-refractivity contribution < 1.29 is 14.7 Å². The van der Waals surface area contributed by atoms with Crippen molar-refractivity contribution in [2.24, 2.45) is 0 Å². The van der Waals surface area contributed by atoms with Crippen molar-refractivity contribution in [1.29, 1.82) is 0 Å². The Kier molecular flexibility index (Phi) is 3.97. The molecule has 5 heteroatoms. The first-order chi connectivity index (χ1) is 9.41. The number of carboxylic acid groups (broad SMARTS) is 1. The Balaban J connectivity index is 2.29. The Hall–Kier alpha value is -2.04. The van der Waals surface area contributed by atoms with Crippen molar-refractivity contribution in [2.75, 3.05) is 13.6 Å². The number of benzene rings is 1. The molecule has 1 heterocycles. The first-order valence-electron chi connectivity index (χ1n) is 6.74. The molecule has 0 saturated heterocycles. The molecule has 0 radical (unpaired) electrons. The van der Waals surface area contributed by atoms with E-state index in [9.17, 15) is 14.7 Å². The number of fused-ring (bicyclic) bond motifs is 1. The number of nitrogens with zero attached hydrogens (tertiary/aromatic N) is 2. The third-order valence-electron chi connectivity index (χ3n) is 3.84. The van der Waals surface area contributed by atoms with Crippen LogP contribution in [0.1, 0.15) is 30.9 Å². The van der Waals surface area contributed by atoms with Gasteiger partial charge in [-0.05, 0) is 25.0 Å². The fourth-order valence-corrected chi connectivity index (χ4v) is 2.41. The van der Waals surface area contributed by atoms with Crippen LogP contribution in [-0.4, -0.2) is 46.5 Å². The van der Waals surface area contributed by atoms with Gasteiger partial charge in [0.05, 0.1) is 5.92 Å². The largest absolute Gasteiger partial charge is 0.481 e. The highest BCUT2D eigenvalue weighted by Crippen LogP contribution is 2.29. The average molecular weight is 276 g/mol. The smallest absolute Gasteiger partial charge is 0.320 e. The molecule has 0 spiro atoms. The summed E-state index contributed by atoms with van der Waals surface area (Å²) in [6.45, 7) is 4.56. The van der Waals surface area contributed by atoms with Crippen LogP contribution < -0.4 is 0 Å². The lowest BCUT2D eigenvalue weighted by Crippen LogP contribution is -2.48. The minimum absolute atomic E-state index is 0.0861. The predicted octanol–water partition coefficient (Wildman–Crippen LogP) is 2.13. The molecule has 0 aromatic heterocycles. The zero-order valence-electron chi connectivity index (χ0n) is 12.0. The fraction of sp³-hybridized carbons (Fsp3) is 0.467. The van der Waals surface area contributed by atoms with Crippen LogP contribution in [0.4, 0.5) is 4.79 Å². The van der Waals surface area contributed by atoms with Crippen LogP contribution in [0.2, 0.25) is 0 Å². The molecule has 2 rings (SSSR count). The van der Waals surface area contributed by atoms with Crippen LogP contribution in [0.3, 0.4) is 0 Å². The molecule has 1 atom stereocenters. The van der Waals surface area contributed by atoms with Gasteiger partial charge in [0.25, 0.3) is 0 Å². The highest BCUT2D eigenvalue weighted by molar-refractivity contribution is 5.81. The summed E-state index contributed by atoms with van der Waals surface area (Å²) >= 11 is 0. The number of rotatable bonds is 2. The predicted molar refractivity (Wildman–Crippen MR) is 75.5 cm³/mol. The quantitative estimate of drug-likeness (QED) is 0.900. The summed E-state index contributed by atoms with van der Waals surface area (Å²) in [7, 11) is 1.74. The SMILES string of the molecule is CC(C)N(C)C(=O)N1Cc2ccccc2C(C(=O)O)C1. The fourth-order valence-electron chi connectivity index (χ4n) is 2.41. The highest BCUT2D eigenvalue weighted by Gasteiger charge is 2.33. The molecule has 20 heavy (non-hydrogen) atoms. The normalized spacial score (nSPS) is 17.8. The van der Waals surface area contributed by atoms with E-state index in [-0.39, 0.29) is 18.6 Å². The van der Waals surface area contributed by atoms with Gasteiger partial charge in [-0.2, -0.15) is 0 Å². The second kappa shape index (κ2) is 5.53. The van der Waals surface area contributed by atoms with E-state index in [4.69, 9.17) is 0 Å². The van der Waals surface area contributed by atoms with Crippen LogP contribution in [0, 0.1) is 0 Å². The maximum atomic E-state index is 12.4. The summed E-state index contributed by atoms with van der Waals surface area (Å²) in [5.74, 6) is -1.54. The standard InChI is InChI=1S/C15H20N2O3/c1-10(2)16(3)15(20)17-8-11-6-4-5-7-12(11)13(9-17)14(18)19/h4-7,10,13H,8-9H2,1-3H3,(H,18,19). The van der Waals surface area contributed by atoms with Crippen molar-refractivity contribution in [1.82, 2.24) is 9.80 Å². The van der Waals surface area contributed by atoms with Gasteiger partial charge >= 0.3 is 12.0 Å². The molecule has 1 N–H and O–H groups in total. The Bertz CT molecular complexity index is 528. The molecular weight excluding hydrogens is 256 g/mol. The van der Waals surface area contributed by atoms with Gasteiger partial charge in [-0.25, -0.2) is 4.79 Å². The molecule has 1 aliphatic rings. The number of aliphatic carboxylic acids is 1. The van der Waals surface area contributed by atoms with E-state index in [0.29, 0.717) is 6.54 Å². The molecule has 108 valence electrons. The monoisotopic (exact) mass is 276 g/mol. The molecule has 1 aliphatic heterocycles. The molecule has 2 amide bonds. The van der Waals surface area contributed by atoms with E-state index in [0.717, 1.165) is 11.1 Å². The van der Waals surface area contributed by atoms with Gasteiger partial charge in [0.2, 0.25) is 0 Å². The molecule has 0 saturated carbocycles. The van der Waals surface area contributed by atoms with Crippen LogP contribution >= 0.6 is 0 Å². The van der Waals surface area contributed by atoms with Gasteiger partial charge in [0.15, 0.2) is 0 Å². The zero-order chi connectivity index (χ0) is 14.9. The summed E-state index contributed by atoms with van der Waals surface area (Å²) in [5, 5.41) is 9.38. The first kappa shape index (κ1) is 14.4. The zero-order valence-corrected chi connectivity index (χ0v) is 12.0. The second-order valence-corrected chi connectivity index (χ2v) is 5.46. The summed E-state index contributed by atoms with van der Waals surface area (Å²) in [6, 6.07) is 7.40. The van der Waals surface area contributed by atoms with E-state index >= 15 is 0 Å². The van der Waals surface area contributed by atoms with Crippen molar-refractivity contribution >= 4 is 12.0 Å². The number of amides is 2. The summed E-state index contributed by atoms with van der Waals surface area (Å²) in [6.07, 6.45) is 0. The van der Waals surface area contributed by atoms with Crippen molar-refractivity contribution in [3.05, 3.63) is 35.4 Å². The maximum Gasteiger partial charge on any atom is 0.320 e. The molecule has 1 unspecified atom stereocenters. The lowest BCUT2D eigenvalue weighted by Gasteiger charge is -2.36. The Morgan fingerprint density at radius 3 is 2.60 bits per heavy atom. The van der Waals surface area contributed by atoms with Gasteiger partial charge in [0, 0.05) is 26.2 Å². The lowest BCUT2D eigenvalue weighted by molar-refractivity contribution is -0.139. The van der Waals surface area contributed by atoms with E-state index in [2.05, 4.69) is 0 Å². The van der Waals surface area contributed by atoms with Crippen molar-refractivity contribution in [2.45, 2.75) is 32.4 Å². The molecule has 5 nitrogen and oxygen atoms in total. The third kappa shape index (κ3) is 2.61. The minimum Gasteiger partial charge on any atom is -0.481 e. The molecular formula is C15H20N2O3. The summed E-state index contributed by atoms with van der Waals surface area (Å²) in [5.41, 5.74) is 1.73. The molecule has 0 bridgehead atoms. The molecule has 0 fully saturated rings. The third-order valence-corrected chi connectivity index (χ3v) is 3.84. The molecule has 0 aliphatic carbocycles. The highest BCUT2D eigenvalue weighted by atomic mass is 16.4. The number of carboxylic acids is 1. The number of hydrogen-bond donors (Lipinski definition) is 1. The summed E-state index contributed by atoms with van der Waals surface area (Å²) in [4.78, 5) is 27.1. The van der Waals surface area contributed by atoms with Gasteiger partial charge < -0.3 is 14.9 Å². The second-order valence-electron chi connectivity index (χ2n) is 5.46. The Morgan fingerprint density at radius 2 is 2.00 bits per heavy atom. The lowest BCUT2D eigenvalue weighted by atomic mass is 9.90. The van der Waals surface area contributed by atoms with E-state index in [1.165, 1.54) is 0 Å². The van der Waals surface area contributed by atoms with E-state index < -0.39 is 11.9 Å². The van der Waals surface area contributed by atoms with Crippen LogP contribution in [0.15, 0.2) is 24.3 Å². The minimum atomic E-state index is -0.887. The average Bonchev–Trinajstić information content (AvgIpc) is 2.44. The molecule has 1 aromatic carbocycles. The number of hydrogen-bond acceptors (Lipinski definition) is 2. The first-order valence-corrected chi connectivity index (χ1v) is 6.74. The topological polar surface area (TPSA) is 60.9 Å². The van der Waals surface area contributed by atoms with Crippen LogP contribution in [0.25, 0.3) is 0 Å². The van der Waals surface area contributed by atoms with Crippen molar-refractivity contribution in [3.63, 3.8) is 0 Å². The number of carbonyl (C=O) groups is 2.